The average Bonchev–Trinajstić information content (AvgIpc) is 2.68. The van der Waals surface area contributed by atoms with Crippen LogP contribution in [0.1, 0.15) is 39.2 Å². The SMILES string of the molecule is C[C@H](NC(=O)c1ccccc1NC(=O)c1ccc(Cl)cc1Cl)c1ccccc1. The van der Waals surface area contributed by atoms with Crippen LogP contribution in [-0.4, -0.2) is 11.8 Å². The third-order valence-electron chi connectivity index (χ3n) is 4.24. The number of carbonyl (C=O) groups is 2. The lowest BCUT2D eigenvalue weighted by atomic mass is 10.1. The van der Waals surface area contributed by atoms with Crippen molar-refractivity contribution in [1.29, 1.82) is 0 Å². The monoisotopic (exact) mass is 412 g/mol. The first-order chi connectivity index (χ1) is 13.5. The van der Waals surface area contributed by atoms with Crippen molar-refractivity contribution in [2.24, 2.45) is 0 Å². The topological polar surface area (TPSA) is 58.2 Å². The van der Waals surface area contributed by atoms with E-state index in [0.29, 0.717) is 16.3 Å². The molecule has 0 saturated carbocycles. The van der Waals surface area contributed by atoms with Crippen LogP contribution in [0.5, 0.6) is 0 Å². The second kappa shape index (κ2) is 8.91. The number of nitrogens with one attached hydrogen (secondary N) is 2. The number of rotatable bonds is 5. The fourth-order valence-electron chi connectivity index (χ4n) is 2.75. The van der Waals surface area contributed by atoms with Crippen LogP contribution in [0.3, 0.4) is 0 Å². The second-order valence-corrected chi connectivity index (χ2v) is 7.07. The highest BCUT2D eigenvalue weighted by molar-refractivity contribution is 6.37. The van der Waals surface area contributed by atoms with E-state index in [-0.39, 0.29) is 22.5 Å². The highest BCUT2D eigenvalue weighted by Crippen LogP contribution is 2.23. The summed E-state index contributed by atoms with van der Waals surface area (Å²) in [5.41, 5.74) is 2.03. The van der Waals surface area contributed by atoms with E-state index in [4.69, 9.17) is 23.2 Å². The highest BCUT2D eigenvalue weighted by Gasteiger charge is 2.17. The number of amides is 2. The molecule has 4 nitrogen and oxygen atoms in total. The molecule has 0 spiro atoms. The van der Waals surface area contributed by atoms with E-state index in [9.17, 15) is 9.59 Å². The molecule has 0 aliphatic carbocycles. The first kappa shape index (κ1) is 19.9. The molecular weight excluding hydrogens is 395 g/mol. The lowest BCUT2D eigenvalue weighted by Crippen LogP contribution is -2.28. The number of halogens is 2. The van der Waals surface area contributed by atoms with Crippen molar-refractivity contribution in [3.8, 4) is 0 Å². The van der Waals surface area contributed by atoms with Crippen molar-refractivity contribution >= 4 is 40.7 Å². The molecule has 0 radical (unpaired) electrons. The molecule has 0 unspecified atom stereocenters. The van der Waals surface area contributed by atoms with E-state index in [1.165, 1.54) is 6.07 Å². The Labute approximate surface area is 173 Å². The van der Waals surface area contributed by atoms with Gasteiger partial charge in [0.2, 0.25) is 0 Å². The lowest BCUT2D eigenvalue weighted by molar-refractivity contribution is 0.0941. The maximum absolute atomic E-state index is 12.8. The summed E-state index contributed by atoms with van der Waals surface area (Å²) in [6.07, 6.45) is 0. The Bertz CT molecular complexity index is 1010. The predicted molar refractivity (Wildman–Crippen MR) is 113 cm³/mol. The summed E-state index contributed by atoms with van der Waals surface area (Å²) in [7, 11) is 0. The minimum absolute atomic E-state index is 0.178. The number of anilines is 1. The maximum atomic E-state index is 12.8. The fraction of sp³-hybridized carbons (Fsp3) is 0.0909. The third-order valence-corrected chi connectivity index (χ3v) is 4.79. The molecule has 0 aromatic heterocycles. The van der Waals surface area contributed by atoms with Crippen LogP contribution in [0, 0.1) is 0 Å². The highest BCUT2D eigenvalue weighted by atomic mass is 35.5. The number of carbonyl (C=O) groups excluding carboxylic acids is 2. The molecule has 3 aromatic carbocycles. The zero-order chi connectivity index (χ0) is 20.1. The number of hydrogen-bond acceptors (Lipinski definition) is 2. The van der Waals surface area contributed by atoms with Crippen LogP contribution in [0.2, 0.25) is 10.0 Å². The van der Waals surface area contributed by atoms with Crippen molar-refractivity contribution in [2.45, 2.75) is 13.0 Å². The van der Waals surface area contributed by atoms with E-state index >= 15 is 0 Å². The molecule has 0 heterocycles. The summed E-state index contributed by atoms with van der Waals surface area (Å²) in [5, 5.41) is 6.39. The van der Waals surface area contributed by atoms with E-state index in [1.807, 2.05) is 37.3 Å². The molecule has 0 fully saturated rings. The third kappa shape index (κ3) is 4.71. The fourth-order valence-corrected chi connectivity index (χ4v) is 3.25. The van der Waals surface area contributed by atoms with Gasteiger partial charge in [0.15, 0.2) is 0 Å². The quantitative estimate of drug-likeness (QED) is 0.561. The Morgan fingerprint density at radius 3 is 2.21 bits per heavy atom. The molecule has 3 rings (SSSR count). The van der Waals surface area contributed by atoms with Gasteiger partial charge >= 0.3 is 0 Å². The molecular formula is C22H18Cl2N2O2. The van der Waals surface area contributed by atoms with Gasteiger partial charge in [-0.05, 0) is 42.8 Å². The van der Waals surface area contributed by atoms with Gasteiger partial charge in [-0.3, -0.25) is 9.59 Å². The largest absolute Gasteiger partial charge is 0.345 e. The molecule has 2 amide bonds. The standard InChI is InChI=1S/C22H18Cl2N2O2/c1-14(15-7-3-2-4-8-15)25-22(28)18-9-5-6-10-20(18)26-21(27)17-12-11-16(23)13-19(17)24/h2-14H,1H3,(H,25,28)(H,26,27)/t14-/m0/s1. The van der Waals surface area contributed by atoms with Crippen molar-refractivity contribution < 1.29 is 9.59 Å². The van der Waals surface area contributed by atoms with E-state index in [1.54, 1.807) is 36.4 Å². The molecule has 0 saturated heterocycles. The Morgan fingerprint density at radius 2 is 1.50 bits per heavy atom. The Hall–Kier alpha value is -2.82. The molecule has 2 N–H and O–H groups in total. The zero-order valence-electron chi connectivity index (χ0n) is 15.1. The summed E-state index contributed by atoms with van der Waals surface area (Å²) >= 11 is 12.0. The van der Waals surface area contributed by atoms with Crippen LogP contribution in [0.15, 0.2) is 72.8 Å². The van der Waals surface area contributed by atoms with Crippen molar-refractivity contribution in [3.63, 3.8) is 0 Å². The molecule has 0 bridgehead atoms. The van der Waals surface area contributed by atoms with Gasteiger partial charge in [-0.15, -0.1) is 0 Å². The van der Waals surface area contributed by atoms with E-state index in [0.717, 1.165) is 5.56 Å². The van der Waals surface area contributed by atoms with Crippen molar-refractivity contribution in [3.05, 3.63) is 99.5 Å². The molecule has 1 atom stereocenters. The second-order valence-electron chi connectivity index (χ2n) is 6.23. The Kier molecular flexibility index (Phi) is 6.34. The van der Waals surface area contributed by atoms with Gasteiger partial charge in [0.05, 0.1) is 27.9 Å². The van der Waals surface area contributed by atoms with Gasteiger partial charge in [-0.25, -0.2) is 0 Å². The van der Waals surface area contributed by atoms with E-state index in [2.05, 4.69) is 10.6 Å². The van der Waals surface area contributed by atoms with Gasteiger partial charge < -0.3 is 10.6 Å². The van der Waals surface area contributed by atoms with Crippen molar-refractivity contribution in [2.75, 3.05) is 5.32 Å². The van der Waals surface area contributed by atoms with Gasteiger partial charge in [0.1, 0.15) is 0 Å². The summed E-state index contributed by atoms with van der Waals surface area (Å²) in [4.78, 5) is 25.4. The zero-order valence-corrected chi connectivity index (χ0v) is 16.6. The normalized spacial score (nSPS) is 11.5. The van der Waals surface area contributed by atoms with Gasteiger partial charge in [0.25, 0.3) is 11.8 Å². The predicted octanol–water partition coefficient (Wildman–Crippen LogP) is 5.74. The molecule has 6 heteroatoms. The van der Waals surface area contributed by atoms with E-state index < -0.39 is 5.91 Å². The number of hydrogen-bond donors (Lipinski definition) is 2. The summed E-state index contributed by atoms with van der Waals surface area (Å²) in [6, 6.07) is 20.9. The minimum Gasteiger partial charge on any atom is -0.345 e. The van der Waals surface area contributed by atoms with Crippen molar-refractivity contribution in [1.82, 2.24) is 5.32 Å². The minimum atomic E-state index is -0.418. The summed E-state index contributed by atoms with van der Waals surface area (Å²) in [6.45, 7) is 1.90. The summed E-state index contributed by atoms with van der Waals surface area (Å²) < 4.78 is 0. The molecule has 3 aromatic rings. The number of benzene rings is 3. The molecule has 142 valence electrons. The molecule has 0 aliphatic heterocycles. The number of para-hydroxylation sites is 1. The Balaban J connectivity index is 1.79. The Morgan fingerprint density at radius 1 is 0.821 bits per heavy atom. The maximum Gasteiger partial charge on any atom is 0.257 e. The smallest absolute Gasteiger partial charge is 0.257 e. The van der Waals surface area contributed by atoms with Crippen LogP contribution in [0.4, 0.5) is 5.69 Å². The van der Waals surface area contributed by atoms with Gasteiger partial charge in [-0.1, -0.05) is 65.7 Å². The van der Waals surface area contributed by atoms with Gasteiger partial charge in [0, 0.05) is 5.02 Å². The van der Waals surface area contributed by atoms with Crippen LogP contribution in [0.25, 0.3) is 0 Å². The summed E-state index contributed by atoms with van der Waals surface area (Å²) in [5.74, 6) is -0.701. The van der Waals surface area contributed by atoms with Crippen LogP contribution < -0.4 is 10.6 Å². The first-order valence-corrected chi connectivity index (χ1v) is 9.42. The first-order valence-electron chi connectivity index (χ1n) is 8.67. The molecule has 28 heavy (non-hydrogen) atoms. The van der Waals surface area contributed by atoms with Crippen LogP contribution >= 0.6 is 23.2 Å². The average molecular weight is 413 g/mol. The van der Waals surface area contributed by atoms with Crippen LogP contribution in [-0.2, 0) is 0 Å². The molecule has 0 aliphatic rings. The van der Waals surface area contributed by atoms with Gasteiger partial charge in [-0.2, -0.15) is 0 Å². The lowest BCUT2D eigenvalue weighted by Gasteiger charge is -2.16.